The number of aryl methyl sites for hydroxylation is 1. The lowest BCUT2D eigenvalue weighted by Gasteiger charge is -2.38. The fourth-order valence-electron chi connectivity index (χ4n) is 3.77. The molecule has 0 radical (unpaired) electrons. The van der Waals surface area contributed by atoms with Crippen molar-refractivity contribution < 1.29 is 9.59 Å². The Hall–Kier alpha value is -2.53. The summed E-state index contributed by atoms with van der Waals surface area (Å²) in [5.74, 6) is -0.283. The Bertz CT molecular complexity index is 884. The molecule has 5 nitrogen and oxygen atoms in total. The van der Waals surface area contributed by atoms with Crippen LogP contribution < -0.4 is 10.6 Å². The van der Waals surface area contributed by atoms with Gasteiger partial charge < -0.3 is 15.5 Å². The molecule has 3 rings (SSSR count). The number of amides is 3. The van der Waals surface area contributed by atoms with Crippen LogP contribution >= 0.6 is 11.6 Å². The maximum atomic E-state index is 13.0. The lowest BCUT2D eigenvalue weighted by molar-refractivity contribution is -0.121. The van der Waals surface area contributed by atoms with E-state index in [4.69, 9.17) is 11.6 Å². The summed E-state index contributed by atoms with van der Waals surface area (Å²) in [7, 11) is 0. The summed E-state index contributed by atoms with van der Waals surface area (Å²) >= 11 is 6.03. The first-order chi connectivity index (χ1) is 13.8. The Morgan fingerprint density at radius 2 is 1.86 bits per heavy atom. The summed E-state index contributed by atoms with van der Waals surface area (Å²) in [6, 6.07) is 15.3. The average molecular weight is 414 g/mol. The van der Waals surface area contributed by atoms with Gasteiger partial charge in [0.15, 0.2) is 0 Å². The van der Waals surface area contributed by atoms with Crippen molar-refractivity contribution in [2.24, 2.45) is 5.92 Å². The molecular formula is C23H28ClN3O2. The second kappa shape index (κ2) is 9.31. The van der Waals surface area contributed by atoms with Crippen molar-refractivity contribution in [2.45, 2.75) is 39.2 Å². The number of nitrogens with one attached hydrogen (secondary N) is 2. The van der Waals surface area contributed by atoms with Crippen molar-refractivity contribution in [1.82, 2.24) is 10.2 Å². The van der Waals surface area contributed by atoms with Gasteiger partial charge >= 0.3 is 6.03 Å². The van der Waals surface area contributed by atoms with Gasteiger partial charge in [0.1, 0.15) is 0 Å². The van der Waals surface area contributed by atoms with Crippen molar-refractivity contribution in [2.75, 3.05) is 18.4 Å². The van der Waals surface area contributed by atoms with Crippen LogP contribution in [0.15, 0.2) is 48.5 Å². The van der Waals surface area contributed by atoms with Gasteiger partial charge in [-0.1, -0.05) is 47.5 Å². The minimum absolute atomic E-state index is 0.0422. The Balaban J connectivity index is 1.80. The van der Waals surface area contributed by atoms with Crippen LogP contribution in [0.5, 0.6) is 0 Å². The highest BCUT2D eigenvalue weighted by atomic mass is 35.5. The van der Waals surface area contributed by atoms with Gasteiger partial charge in [0.25, 0.3) is 0 Å². The van der Waals surface area contributed by atoms with Crippen molar-refractivity contribution in [3.05, 3.63) is 64.7 Å². The van der Waals surface area contributed by atoms with Gasteiger partial charge in [0.2, 0.25) is 5.91 Å². The van der Waals surface area contributed by atoms with E-state index in [2.05, 4.69) is 35.8 Å². The highest BCUT2D eigenvalue weighted by Crippen LogP contribution is 2.32. The SMILES string of the molecule is Cc1cccc(C2CC(C(=O)Nc3cccc(Cl)c3)CN(C(=O)NC(C)C)C2)c1. The first-order valence-corrected chi connectivity index (χ1v) is 10.4. The van der Waals surface area contributed by atoms with Gasteiger partial charge in [-0.05, 0) is 51.0 Å². The third-order valence-electron chi connectivity index (χ3n) is 5.13. The Labute approximate surface area is 177 Å². The molecule has 1 heterocycles. The van der Waals surface area contributed by atoms with Crippen molar-refractivity contribution >= 4 is 29.2 Å². The van der Waals surface area contributed by atoms with E-state index in [-0.39, 0.29) is 29.8 Å². The van der Waals surface area contributed by atoms with E-state index < -0.39 is 0 Å². The van der Waals surface area contributed by atoms with E-state index in [0.717, 1.165) is 5.56 Å². The monoisotopic (exact) mass is 413 g/mol. The number of benzene rings is 2. The van der Waals surface area contributed by atoms with Crippen LogP contribution in [0.2, 0.25) is 5.02 Å². The number of nitrogens with zero attached hydrogens (tertiary/aromatic N) is 1. The third-order valence-corrected chi connectivity index (χ3v) is 5.36. The van der Waals surface area contributed by atoms with Crippen LogP contribution in [-0.2, 0) is 4.79 Å². The average Bonchev–Trinajstić information content (AvgIpc) is 2.67. The summed E-state index contributed by atoms with van der Waals surface area (Å²) in [4.78, 5) is 27.5. The molecule has 1 aliphatic heterocycles. The first-order valence-electron chi connectivity index (χ1n) is 10.00. The molecule has 2 N–H and O–H groups in total. The highest BCUT2D eigenvalue weighted by Gasteiger charge is 2.34. The molecule has 2 aromatic rings. The highest BCUT2D eigenvalue weighted by molar-refractivity contribution is 6.30. The molecule has 0 bridgehead atoms. The molecule has 1 aliphatic rings. The zero-order valence-corrected chi connectivity index (χ0v) is 17.9. The predicted molar refractivity (Wildman–Crippen MR) is 117 cm³/mol. The summed E-state index contributed by atoms with van der Waals surface area (Å²) in [6.45, 7) is 6.92. The van der Waals surface area contributed by atoms with Crippen LogP contribution in [0.3, 0.4) is 0 Å². The summed E-state index contributed by atoms with van der Waals surface area (Å²) in [5, 5.41) is 6.48. The fourth-order valence-corrected chi connectivity index (χ4v) is 3.96. The van der Waals surface area contributed by atoms with E-state index >= 15 is 0 Å². The van der Waals surface area contributed by atoms with Gasteiger partial charge in [-0.2, -0.15) is 0 Å². The third kappa shape index (κ3) is 5.73. The van der Waals surface area contributed by atoms with Crippen molar-refractivity contribution in [3.8, 4) is 0 Å². The molecule has 2 aromatic carbocycles. The number of halogens is 1. The molecule has 0 spiro atoms. The molecule has 2 unspecified atom stereocenters. The summed E-state index contributed by atoms with van der Waals surface area (Å²) in [5.41, 5.74) is 3.00. The lowest BCUT2D eigenvalue weighted by atomic mass is 9.83. The molecule has 0 aliphatic carbocycles. The number of rotatable bonds is 4. The number of hydrogen-bond donors (Lipinski definition) is 2. The molecule has 3 amide bonds. The zero-order valence-electron chi connectivity index (χ0n) is 17.1. The number of hydrogen-bond acceptors (Lipinski definition) is 2. The largest absolute Gasteiger partial charge is 0.336 e. The summed E-state index contributed by atoms with van der Waals surface area (Å²) < 4.78 is 0. The van der Waals surface area contributed by atoms with Gasteiger partial charge in [-0.15, -0.1) is 0 Å². The Morgan fingerprint density at radius 1 is 1.10 bits per heavy atom. The van der Waals surface area contributed by atoms with Crippen LogP contribution in [0.4, 0.5) is 10.5 Å². The van der Waals surface area contributed by atoms with E-state index in [1.165, 1.54) is 5.56 Å². The van der Waals surface area contributed by atoms with E-state index in [9.17, 15) is 9.59 Å². The Morgan fingerprint density at radius 3 is 2.55 bits per heavy atom. The van der Waals surface area contributed by atoms with E-state index in [1.54, 1.807) is 23.1 Å². The molecule has 1 saturated heterocycles. The maximum Gasteiger partial charge on any atom is 0.317 e. The normalized spacial score (nSPS) is 19.1. The quantitative estimate of drug-likeness (QED) is 0.755. The second-order valence-corrected chi connectivity index (χ2v) is 8.49. The van der Waals surface area contributed by atoms with E-state index in [1.807, 2.05) is 26.0 Å². The number of piperidine rings is 1. The summed E-state index contributed by atoms with van der Waals surface area (Å²) in [6.07, 6.45) is 0.696. The lowest BCUT2D eigenvalue weighted by Crippen LogP contribution is -2.51. The van der Waals surface area contributed by atoms with Crippen LogP contribution in [-0.4, -0.2) is 36.0 Å². The molecular weight excluding hydrogens is 386 g/mol. The fraction of sp³-hybridized carbons (Fsp3) is 0.391. The van der Waals surface area contributed by atoms with Gasteiger partial charge in [-0.3, -0.25) is 4.79 Å². The van der Waals surface area contributed by atoms with Crippen LogP contribution in [0, 0.1) is 12.8 Å². The van der Waals surface area contributed by atoms with Crippen LogP contribution in [0.25, 0.3) is 0 Å². The smallest absolute Gasteiger partial charge is 0.317 e. The number of likely N-dealkylation sites (tertiary alicyclic amines) is 1. The standard InChI is InChI=1S/C23H28ClN3O2/c1-15(2)25-23(29)27-13-18(17-7-4-6-16(3)10-17)11-19(14-27)22(28)26-21-9-5-8-20(24)12-21/h4-10,12,15,18-19H,11,13-14H2,1-3H3,(H,25,29)(H,26,28). The molecule has 29 heavy (non-hydrogen) atoms. The number of urea groups is 1. The van der Waals surface area contributed by atoms with Gasteiger partial charge in [0.05, 0.1) is 5.92 Å². The zero-order chi connectivity index (χ0) is 21.0. The van der Waals surface area contributed by atoms with Gasteiger partial charge in [-0.25, -0.2) is 4.79 Å². The molecule has 0 saturated carbocycles. The number of carbonyl (C=O) groups is 2. The van der Waals surface area contributed by atoms with Crippen LogP contribution in [0.1, 0.15) is 37.3 Å². The first kappa shape index (κ1) is 21.2. The van der Waals surface area contributed by atoms with E-state index in [0.29, 0.717) is 30.2 Å². The Kier molecular flexibility index (Phi) is 6.80. The van der Waals surface area contributed by atoms with Crippen molar-refractivity contribution in [3.63, 3.8) is 0 Å². The second-order valence-electron chi connectivity index (χ2n) is 8.05. The predicted octanol–water partition coefficient (Wildman–Crippen LogP) is 4.81. The molecule has 1 fully saturated rings. The molecule has 6 heteroatoms. The van der Waals surface area contributed by atoms with Crippen molar-refractivity contribution in [1.29, 1.82) is 0 Å². The minimum atomic E-state index is -0.300. The van der Waals surface area contributed by atoms with Gasteiger partial charge in [0, 0.05) is 35.8 Å². The number of carbonyl (C=O) groups excluding carboxylic acids is 2. The molecule has 154 valence electrons. The molecule has 0 aromatic heterocycles. The minimum Gasteiger partial charge on any atom is -0.336 e. The topological polar surface area (TPSA) is 61.4 Å². The molecule has 2 atom stereocenters. The maximum absolute atomic E-state index is 13.0. The number of anilines is 1.